The Hall–Kier alpha value is -3.00. The van der Waals surface area contributed by atoms with Crippen LogP contribution in [0.1, 0.15) is 5.56 Å². The van der Waals surface area contributed by atoms with Gasteiger partial charge in [0.15, 0.2) is 6.54 Å². The van der Waals surface area contributed by atoms with E-state index in [0.717, 1.165) is 31.9 Å². The lowest BCUT2D eigenvalue weighted by Crippen LogP contribution is -3.15. The summed E-state index contributed by atoms with van der Waals surface area (Å²) < 4.78 is 13.8. The summed E-state index contributed by atoms with van der Waals surface area (Å²) in [6, 6.07) is 13.0. The molecule has 148 valence electrons. The lowest BCUT2D eigenvalue weighted by atomic mass is 10.2. The quantitative estimate of drug-likeness (QED) is 0.595. The Balaban J connectivity index is 1.49. The molecular weight excluding hydrogens is 363 g/mol. The Labute approximate surface area is 163 Å². The van der Waals surface area contributed by atoms with Gasteiger partial charge in [-0.05, 0) is 18.2 Å². The van der Waals surface area contributed by atoms with E-state index in [0.29, 0.717) is 12.1 Å². The van der Waals surface area contributed by atoms with E-state index in [2.05, 4.69) is 4.90 Å². The van der Waals surface area contributed by atoms with Gasteiger partial charge in [0.25, 0.3) is 11.6 Å². The summed E-state index contributed by atoms with van der Waals surface area (Å²) >= 11 is 0. The Morgan fingerprint density at radius 3 is 2.43 bits per heavy atom. The highest BCUT2D eigenvalue weighted by molar-refractivity contribution is 5.76. The van der Waals surface area contributed by atoms with Gasteiger partial charge in [-0.25, -0.2) is 4.39 Å². The Kier molecular flexibility index (Phi) is 6.20. The van der Waals surface area contributed by atoms with Crippen LogP contribution in [-0.2, 0) is 11.3 Å². The molecule has 1 saturated heterocycles. The lowest BCUT2D eigenvalue weighted by molar-refractivity contribution is -0.892. The zero-order chi connectivity index (χ0) is 20.1. The van der Waals surface area contributed by atoms with Crippen molar-refractivity contribution >= 4 is 17.3 Å². The van der Waals surface area contributed by atoms with E-state index in [1.54, 1.807) is 42.3 Å². The third-order valence-corrected chi connectivity index (χ3v) is 5.09. The predicted octanol–water partition coefficient (Wildman–Crippen LogP) is 1.10. The molecule has 0 atom stereocenters. The standard InChI is InChI=1S/C20H23FN4O3/c1-22(14-16-4-2-3-5-19(16)21)20(26)15-23-10-12-24(13-11-23)17-6-8-18(9-7-17)25(27)28/h2-9H,10-15H2,1H3/p+1. The van der Waals surface area contributed by atoms with Crippen molar-refractivity contribution in [2.45, 2.75) is 6.54 Å². The molecular formula is C20H24FN4O3+. The summed E-state index contributed by atoms with van der Waals surface area (Å²) in [6.07, 6.45) is 0. The van der Waals surface area contributed by atoms with Gasteiger partial charge in [0.1, 0.15) is 5.82 Å². The third-order valence-electron chi connectivity index (χ3n) is 5.09. The summed E-state index contributed by atoms with van der Waals surface area (Å²) in [6.45, 7) is 3.79. The number of halogens is 1. The number of piperazine rings is 1. The lowest BCUT2D eigenvalue weighted by Gasteiger charge is -2.34. The predicted molar refractivity (Wildman–Crippen MR) is 104 cm³/mol. The number of likely N-dealkylation sites (N-methyl/N-ethyl adjacent to an activating group) is 1. The molecule has 28 heavy (non-hydrogen) atoms. The zero-order valence-electron chi connectivity index (χ0n) is 15.8. The van der Waals surface area contributed by atoms with Gasteiger partial charge in [0.05, 0.1) is 31.1 Å². The summed E-state index contributed by atoms with van der Waals surface area (Å²) in [4.78, 5) is 27.7. The van der Waals surface area contributed by atoms with Crippen molar-refractivity contribution in [1.29, 1.82) is 0 Å². The second-order valence-electron chi connectivity index (χ2n) is 7.03. The molecule has 1 heterocycles. The molecule has 1 amide bonds. The van der Waals surface area contributed by atoms with Gasteiger partial charge in [0, 0.05) is 37.0 Å². The number of anilines is 1. The van der Waals surface area contributed by atoms with E-state index in [1.807, 2.05) is 0 Å². The highest BCUT2D eigenvalue weighted by Gasteiger charge is 2.24. The number of benzene rings is 2. The summed E-state index contributed by atoms with van der Waals surface area (Å²) in [7, 11) is 1.70. The molecule has 2 aromatic rings. The first-order chi connectivity index (χ1) is 13.4. The van der Waals surface area contributed by atoms with Crippen LogP contribution in [0, 0.1) is 15.9 Å². The number of nitrogens with zero attached hydrogens (tertiary/aromatic N) is 3. The van der Waals surface area contributed by atoms with Crippen molar-refractivity contribution in [2.75, 3.05) is 44.7 Å². The van der Waals surface area contributed by atoms with Gasteiger partial charge in [-0.1, -0.05) is 18.2 Å². The number of non-ortho nitro benzene ring substituents is 1. The number of quaternary nitrogens is 1. The number of nitro benzene ring substituents is 1. The van der Waals surface area contributed by atoms with E-state index in [-0.39, 0.29) is 24.0 Å². The number of carbonyl (C=O) groups excluding carboxylic acids is 1. The van der Waals surface area contributed by atoms with Crippen LogP contribution >= 0.6 is 0 Å². The normalized spacial score (nSPS) is 14.7. The molecule has 0 bridgehead atoms. The van der Waals surface area contributed by atoms with Crippen LogP contribution in [0.25, 0.3) is 0 Å². The van der Waals surface area contributed by atoms with Crippen molar-refractivity contribution in [1.82, 2.24) is 4.90 Å². The minimum Gasteiger partial charge on any atom is -0.360 e. The molecule has 1 fully saturated rings. The fourth-order valence-corrected chi connectivity index (χ4v) is 3.36. The van der Waals surface area contributed by atoms with E-state index in [4.69, 9.17) is 0 Å². The maximum Gasteiger partial charge on any atom is 0.277 e. The van der Waals surface area contributed by atoms with E-state index >= 15 is 0 Å². The van der Waals surface area contributed by atoms with Crippen LogP contribution in [-0.4, -0.2) is 55.5 Å². The Bertz CT molecular complexity index is 836. The molecule has 7 nitrogen and oxygen atoms in total. The smallest absolute Gasteiger partial charge is 0.277 e. The maximum absolute atomic E-state index is 13.8. The second-order valence-corrected chi connectivity index (χ2v) is 7.03. The van der Waals surface area contributed by atoms with Crippen LogP contribution in [0.4, 0.5) is 15.8 Å². The molecule has 0 radical (unpaired) electrons. The first kappa shape index (κ1) is 19.8. The molecule has 1 aliphatic heterocycles. The van der Waals surface area contributed by atoms with Crippen LogP contribution in [0.3, 0.4) is 0 Å². The molecule has 1 N–H and O–H groups in total. The van der Waals surface area contributed by atoms with Crippen LogP contribution in [0.15, 0.2) is 48.5 Å². The van der Waals surface area contributed by atoms with Gasteiger partial charge in [-0.2, -0.15) is 0 Å². The largest absolute Gasteiger partial charge is 0.360 e. The maximum atomic E-state index is 13.8. The number of nitrogens with one attached hydrogen (secondary N) is 1. The van der Waals surface area contributed by atoms with Crippen molar-refractivity contribution < 1.29 is 19.0 Å². The Morgan fingerprint density at radius 2 is 1.82 bits per heavy atom. The number of carbonyl (C=O) groups is 1. The molecule has 3 rings (SSSR count). The first-order valence-electron chi connectivity index (χ1n) is 9.24. The number of amides is 1. The number of nitro groups is 1. The van der Waals surface area contributed by atoms with Crippen LogP contribution in [0.5, 0.6) is 0 Å². The minimum atomic E-state index is -0.407. The summed E-state index contributed by atoms with van der Waals surface area (Å²) in [5.74, 6) is -0.312. The van der Waals surface area contributed by atoms with Gasteiger partial charge in [-0.3, -0.25) is 14.9 Å². The van der Waals surface area contributed by atoms with Crippen molar-refractivity contribution in [2.24, 2.45) is 0 Å². The fraction of sp³-hybridized carbons (Fsp3) is 0.350. The van der Waals surface area contributed by atoms with Gasteiger partial charge in [0.2, 0.25) is 0 Å². The second kappa shape index (κ2) is 8.79. The SMILES string of the molecule is CN(Cc1ccccc1F)C(=O)C[NH+]1CCN(c2ccc([N+](=O)[O-])cc2)CC1. The highest BCUT2D eigenvalue weighted by Crippen LogP contribution is 2.19. The van der Waals surface area contributed by atoms with E-state index in [1.165, 1.54) is 23.1 Å². The molecule has 8 heteroatoms. The van der Waals surface area contributed by atoms with Gasteiger partial charge in [-0.15, -0.1) is 0 Å². The van der Waals surface area contributed by atoms with Crippen LogP contribution in [0.2, 0.25) is 0 Å². The van der Waals surface area contributed by atoms with Crippen molar-refractivity contribution in [3.05, 3.63) is 70.0 Å². The zero-order valence-corrected chi connectivity index (χ0v) is 15.8. The summed E-state index contributed by atoms with van der Waals surface area (Å²) in [5.41, 5.74) is 1.54. The van der Waals surface area contributed by atoms with Gasteiger partial charge >= 0.3 is 0 Å². The molecule has 2 aromatic carbocycles. The Morgan fingerprint density at radius 1 is 1.18 bits per heavy atom. The van der Waals surface area contributed by atoms with E-state index in [9.17, 15) is 19.3 Å². The molecule has 0 saturated carbocycles. The third kappa shape index (κ3) is 4.83. The molecule has 0 aliphatic carbocycles. The van der Waals surface area contributed by atoms with Gasteiger partial charge < -0.3 is 14.7 Å². The van der Waals surface area contributed by atoms with Crippen LogP contribution < -0.4 is 9.80 Å². The number of rotatable bonds is 6. The number of hydrogen-bond donors (Lipinski definition) is 1. The van der Waals surface area contributed by atoms with Crippen molar-refractivity contribution in [3.63, 3.8) is 0 Å². The minimum absolute atomic E-state index is 0.0120. The summed E-state index contributed by atoms with van der Waals surface area (Å²) in [5, 5.41) is 10.8. The molecule has 1 aliphatic rings. The van der Waals surface area contributed by atoms with E-state index < -0.39 is 4.92 Å². The van der Waals surface area contributed by atoms with Crippen molar-refractivity contribution in [3.8, 4) is 0 Å². The average molecular weight is 387 g/mol. The molecule has 0 unspecified atom stereocenters. The number of hydrogen-bond acceptors (Lipinski definition) is 4. The fourth-order valence-electron chi connectivity index (χ4n) is 3.36. The average Bonchev–Trinajstić information content (AvgIpc) is 2.70. The monoisotopic (exact) mass is 387 g/mol. The molecule has 0 spiro atoms. The topological polar surface area (TPSA) is 71.1 Å². The first-order valence-corrected chi connectivity index (χ1v) is 9.24. The molecule has 0 aromatic heterocycles. The highest BCUT2D eigenvalue weighted by atomic mass is 19.1.